The molecule has 0 amide bonds. The minimum Gasteiger partial charge on any atom is -0.495 e. The van der Waals surface area contributed by atoms with Gasteiger partial charge in [0.2, 0.25) is 0 Å². The van der Waals surface area contributed by atoms with Crippen molar-refractivity contribution in [3.05, 3.63) is 24.3 Å². The van der Waals surface area contributed by atoms with Crippen LogP contribution in [0.1, 0.15) is 0 Å². The van der Waals surface area contributed by atoms with Gasteiger partial charge in [0.05, 0.1) is 19.4 Å². The lowest BCUT2D eigenvalue weighted by atomic mass is 10.2. The van der Waals surface area contributed by atoms with Gasteiger partial charge in [0.15, 0.2) is 0 Å². The molecule has 5 nitrogen and oxygen atoms in total. The molecular weight excluding hydrogens is 254 g/mol. The van der Waals surface area contributed by atoms with Crippen molar-refractivity contribution in [1.29, 1.82) is 0 Å². The van der Waals surface area contributed by atoms with Gasteiger partial charge in [-0.15, -0.1) is 0 Å². The summed E-state index contributed by atoms with van der Waals surface area (Å²) in [7, 11) is 1.72. The van der Waals surface area contributed by atoms with Gasteiger partial charge in [-0.1, -0.05) is 12.1 Å². The predicted molar refractivity (Wildman–Crippen MR) is 81.6 cm³/mol. The van der Waals surface area contributed by atoms with Gasteiger partial charge in [0.1, 0.15) is 5.75 Å². The van der Waals surface area contributed by atoms with Crippen molar-refractivity contribution in [3.8, 4) is 5.75 Å². The number of aliphatic hydroxyl groups is 1. The summed E-state index contributed by atoms with van der Waals surface area (Å²) >= 11 is 0. The van der Waals surface area contributed by atoms with E-state index >= 15 is 0 Å². The largest absolute Gasteiger partial charge is 0.495 e. The van der Waals surface area contributed by atoms with E-state index in [1.54, 1.807) is 7.11 Å². The predicted octanol–water partition coefficient (Wildman–Crippen LogP) is 0.399. The fraction of sp³-hybridized carbons (Fsp3) is 0.600. The molecular formula is C15H25N3O2. The molecule has 1 heterocycles. The highest BCUT2D eigenvalue weighted by Crippen LogP contribution is 2.28. The minimum absolute atomic E-state index is 0.210. The van der Waals surface area contributed by atoms with Crippen molar-refractivity contribution in [2.45, 2.75) is 0 Å². The number of hydrogen-bond acceptors (Lipinski definition) is 5. The Morgan fingerprint density at radius 1 is 1.15 bits per heavy atom. The average molecular weight is 279 g/mol. The number of ether oxygens (including phenoxy) is 1. The number of aliphatic hydroxyl groups excluding tert-OH is 1. The maximum absolute atomic E-state index is 8.72. The van der Waals surface area contributed by atoms with E-state index in [-0.39, 0.29) is 6.61 Å². The number of benzene rings is 1. The van der Waals surface area contributed by atoms with Crippen LogP contribution in [0.25, 0.3) is 0 Å². The molecule has 0 bridgehead atoms. The summed E-state index contributed by atoms with van der Waals surface area (Å²) in [5.74, 6) is 0.950. The van der Waals surface area contributed by atoms with E-state index in [2.05, 4.69) is 27.2 Å². The number of methoxy groups -OCH3 is 1. The SMILES string of the molecule is COc1ccccc1N1CCN(CCNCCO)CC1. The van der Waals surface area contributed by atoms with E-state index in [4.69, 9.17) is 9.84 Å². The molecule has 5 heteroatoms. The lowest BCUT2D eigenvalue weighted by Crippen LogP contribution is -2.48. The topological polar surface area (TPSA) is 48.0 Å². The summed E-state index contributed by atoms with van der Waals surface area (Å²) in [6.45, 7) is 7.07. The zero-order valence-electron chi connectivity index (χ0n) is 12.2. The van der Waals surface area contributed by atoms with E-state index in [1.807, 2.05) is 12.1 Å². The molecule has 1 aromatic rings. The van der Waals surface area contributed by atoms with Crippen molar-refractivity contribution < 1.29 is 9.84 Å². The first-order valence-corrected chi connectivity index (χ1v) is 7.27. The van der Waals surface area contributed by atoms with Crippen LogP contribution in [0.4, 0.5) is 5.69 Å². The zero-order valence-corrected chi connectivity index (χ0v) is 12.2. The molecule has 1 aromatic carbocycles. The standard InChI is InChI=1S/C15H25N3O2/c1-20-15-5-3-2-4-14(15)18-11-9-17(10-12-18)8-6-16-7-13-19/h2-5,16,19H,6-13H2,1H3. The van der Waals surface area contributed by atoms with Crippen LogP contribution in [0.2, 0.25) is 0 Å². The Bertz CT molecular complexity index is 392. The molecule has 20 heavy (non-hydrogen) atoms. The third kappa shape index (κ3) is 4.10. The lowest BCUT2D eigenvalue weighted by Gasteiger charge is -2.36. The summed E-state index contributed by atoms with van der Waals surface area (Å²) in [4.78, 5) is 4.84. The fourth-order valence-electron chi connectivity index (χ4n) is 2.54. The summed E-state index contributed by atoms with van der Waals surface area (Å²) in [6.07, 6.45) is 0. The Morgan fingerprint density at radius 3 is 2.60 bits per heavy atom. The number of anilines is 1. The Hall–Kier alpha value is -1.30. The molecule has 0 spiro atoms. The second-order valence-corrected chi connectivity index (χ2v) is 4.97. The van der Waals surface area contributed by atoms with Crippen LogP contribution in [0.5, 0.6) is 5.75 Å². The molecule has 2 N–H and O–H groups in total. The zero-order chi connectivity index (χ0) is 14.2. The molecule has 0 saturated carbocycles. The number of nitrogens with one attached hydrogen (secondary N) is 1. The van der Waals surface area contributed by atoms with Crippen LogP contribution in [0, 0.1) is 0 Å². The van der Waals surface area contributed by atoms with Gasteiger partial charge < -0.3 is 20.1 Å². The second-order valence-electron chi connectivity index (χ2n) is 4.97. The maximum atomic E-state index is 8.72. The van der Waals surface area contributed by atoms with Crippen LogP contribution in [-0.4, -0.2) is 69.5 Å². The molecule has 2 rings (SSSR count). The van der Waals surface area contributed by atoms with Crippen LogP contribution >= 0.6 is 0 Å². The van der Waals surface area contributed by atoms with Crippen molar-refractivity contribution in [2.75, 3.05) is 64.4 Å². The number of hydrogen-bond donors (Lipinski definition) is 2. The molecule has 1 saturated heterocycles. The summed E-state index contributed by atoms with van der Waals surface area (Å²) in [5.41, 5.74) is 1.19. The van der Waals surface area contributed by atoms with Crippen LogP contribution < -0.4 is 15.0 Å². The summed E-state index contributed by atoms with van der Waals surface area (Å²) < 4.78 is 5.43. The molecule has 112 valence electrons. The Morgan fingerprint density at radius 2 is 1.90 bits per heavy atom. The molecule has 0 aliphatic carbocycles. The van der Waals surface area contributed by atoms with Gasteiger partial charge in [0.25, 0.3) is 0 Å². The van der Waals surface area contributed by atoms with Crippen LogP contribution in [0.15, 0.2) is 24.3 Å². The Kier molecular flexibility index (Phi) is 6.11. The van der Waals surface area contributed by atoms with Crippen molar-refractivity contribution in [3.63, 3.8) is 0 Å². The molecule has 0 radical (unpaired) electrons. The van der Waals surface area contributed by atoms with Gasteiger partial charge in [-0.2, -0.15) is 0 Å². The molecule has 1 fully saturated rings. The average Bonchev–Trinajstić information content (AvgIpc) is 2.52. The number of nitrogens with zero attached hydrogens (tertiary/aromatic N) is 2. The maximum Gasteiger partial charge on any atom is 0.142 e. The van der Waals surface area contributed by atoms with Crippen LogP contribution in [0.3, 0.4) is 0 Å². The van der Waals surface area contributed by atoms with E-state index in [0.29, 0.717) is 6.54 Å². The smallest absolute Gasteiger partial charge is 0.142 e. The number of rotatable bonds is 7. The van der Waals surface area contributed by atoms with Gasteiger partial charge in [-0.3, -0.25) is 4.90 Å². The molecule has 1 aliphatic heterocycles. The van der Waals surface area contributed by atoms with Gasteiger partial charge in [-0.05, 0) is 12.1 Å². The second kappa shape index (κ2) is 8.09. The first-order valence-electron chi connectivity index (χ1n) is 7.27. The highest BCUT2D eigenvalue weighted by Gasteiger charge is 2.18. The minimum atomic E-state index is 0.210. The molecule has 0 unspecified atom stereocenters. The summed E-state index contributed by atoms with van der Waals surface area (Å²) in [5, 5.41) is 11.9. The lowest BCUT2D eigenvalue weighted by molar-refractivity contribution is 0.248. The van der Waals surface area contributed by atoms with E-state index in [9.17, 15) is 0 Å². The van der Waals surface area contributed by atoms with E-state index in [1.165, 1.54) is 5.69 Å². The van der Waals surface area contributed by atoms with Crippen molar-refractivity contribution in [2.24, 2.45) is 0 Å². The molecule has 0 aromatic heterocycles. The third-order valence-electron chi connectivity index (χ3n) is 3.69. The van der Waals surface area contributed by atoms with E-state index in [0.717, 1.165) is 45.0 Å². The quantitative estimate of drug-likeness (QED) is 0.708. The number of para-hydroxylation sites is 2. The van der Waals surface area contributed by atoms with Gasteiger partial charge in [-0.25, -0.2) is 0 Å². The Labute approximate surface area is 121 Å². The van der Waals surface area contributed by atoms with Crippen LogP contribution in [-0.2, 0) is 0 Å². The normalized spacial score (nSPS) is 16.4. The monoisotopic (exact) mass is 279 g/mol. The summed E-state index contributed by atoms with van der Waals surface area (Å²) in [6, 6.07) is 8.20. The van der Waals surface area contributed by atoms with Crippen molar-refractivity contribution >= 4 is 5.69 Å². The molecule has 0 atom stereocenters. The third-order valence-corrected chi connectivity index (χ3v) is 3.69. The fourth-order valence-corrected chi connectivity index (χ4v) is 2.54. The number of piperazine rings is 1. The van der Waals surface area contributed by atoms with Gasteiger partial charge in [0, 0.05) is 45.8 Å². The highest BCUT2D eigenvalue weighted by molar-refractivity contribution is 5.58. The van der Waals surface area contributed by atoms with E-state index < -0.39 is 0 Å². The van der Waals surface area contributed by atoms with Gasteiger partial charge >= 0.3 is 0 Å². The molecule has 1 aliphatic rings. The highest BCUT2D eigenvalue weighted by atomic mass is 16.5. The first-order chi connectivity index (χ1) is 9.85. The van der Waals surface area contributed by atoms with Crippen molar-refractivity contribution in [1.82, 2.24) is 10.2 Å². The Balaban J connectivity index is 1.79. The first kappa shape index (κ1) is 15.1.